The average Bonchev–Trinajstić information content (AvgIpc) is 3.24. The SMILES string of the molecule is CCCCC1=NN2C(=N)/C(=C\c3cc(C)n(-c4ccccc4C)c3C)C(=O)N=C2S1. The van der Waals surface area contributed by atoms with E-state index in [9.17, 15) is 4.79 Å². The Balaban J connectivity index is 1.70. The fourth-order valence-corrected chi connectivity index (χ4v) is 4.66. The molecule has 1 N–H and O–H groups in total. The maximum absolute atomic E-state index is 12.7. The van der Waals surface area contributed by atoms with Gasteiger partial charge in [-0.2, -0.15) is 15.1 Å². The van der Waals surface area contributed by atoms with Crippen LogP contribution in [0.3, 0.4) is 0 Å². The molecule has 0 saturated heterocycles. The van der Waals surface area contributed by atoms with Crippen molar-refractivity contribution in [1.29, 1.82) is 5.41 Å². The Hall–Kier alpha value is -2.93. The summed E-state index contributed by atoms with van der Waals surface area (Å²) in [5.41, 5.74) is 5.56. The summed E-state index contributed by atoms with van der Waals surface area (Å²) in [6.45, 7) is 8.30. The zero-order valence-corrected chi connectivity index (χ0v) is 18.5. The van der Waals surface area contributed by atoms with Crippen molar-refractivity contribution in [2.24, 2.45) is 10.1 Å². The molecule has 0 radical (unpaired) electrons. The van der Waals surface area contributed by atoms with Gasteiger partial charge in [-0.05, 0) is 74.7 Å². The van der Waals surface area contributed by atoms with Gasteiger partial charge in [0.15, 0.2) is 5.84 Å². The maximum Gasteiger partial charge on any atom is 0.283 e. The number of benzene rings is 1. The number of aromatic nitrogens is 1. The lowest BCUT2D eigenvalue weighted by Crippen LogP contribution is -2.35. The van der Waals surface area contributed by atoms with Crippen LogP contribution in [0.1, 0.15) is 48.7 Å². The number of hydrogen-bond acceptors (Lipinski definition) is 4. The number of amidine groups is 2. The fraction of sp³-hybridized carbons (Fsp3) is 0.304. The van der Waals surface area contributed by atoms with E-state index in [1.54, 1.807) is 6.08 Å². The van der Waals surface area contributed by atoms with E-state index >= 15 is 0 Å². The third-order valence-electron chi connectivity index (χ3n) is 5.37. The molecule has 4 rings (SSSR count). The Morgan fingerprint density at radius 1 is 1.20 bits per heavy atom. The van der Waals surface area contributed by atoms with Crippen LogP contribution in [0.5, 0.6) is 0 Å². The van der Waals surface area contributed by atoms with E-state index in [-0.39, 0.29) is 17.3 Å². The second kappa shape index (κ2) is 8.07. The summed E-state index contributed by atoms with van der Waals surface area (Å²) in [4.78, 5) is 16.9. The lowest BCUT2D eigenvalue weighted by Gasteiger charge is -2.20. The van der Waals surface area contributed by atoms with Crippen LogP contribution in [-0.2, 0) is 4.79 Å². The van der Waals surface area contributed by atoms with Crippen molar-refractivity contribution in [1.82, 2.24) is 9.58 Å². The standard InChI is InChI=1S/C23H25N5OS/c1-5-6-11-20-26-28-21(24)18(22(29)25-23(28)30-20)13-17-12-15(3)27(16(17)4)19-10-8-7-9-14(19)2/h7-10,12-13,24H,5-6,11H2,1-4H3/b18-13+,24-21?. The van der Waals surface area contributed by atoms with E-state index in [1.807, 2.05) is 32.0 Å². The van der Waals surface area contributed by atoms with Crippen molar-refractivity contribution in [3.63, 3.8) is 0 Å². The number of aliphatic imine (C=N–C) groups is 1. The molecule has 0 atom stereocenters. The average molecular weight is 420 g/mol. The largest absolute Gasteiger partial charge is 0.318 e. The molecule has 0 unspecified atom stereocenters. The molecular weight excluding hydrogens is 394 g/mol. The first-order valence-electron chi connectivity index (χ1n) is 10.1. The highest BCUT2D eigenvalue weighted by molar-refractivity contribution is 8.26. The van der Waals surface area contributed by atoms with Gasteiger partial charge in [0.1, 0.15) is 5.04 Å². The van der Waals surface area contributed by atoms with Crippen LogP contribution in [0, 0.1) is 26.2 Å². The molecular formula is C23H25N5OS. The van der Waals surface area contributed by atoms with Gasteiger partial charge in [0.2, 0.25) is 5.17 Å². The highest BCUT2D eigenvalue weighted by Crippen LogP contribution is 2.31. The Morgan fingerprint density at radius 2 is 1.97 bits per heavy atom. The van der Waals surface area contributed by atoms with Gasteiger partial charge in [0.25, 0.3) is 5.91 Å². The quantitative estimate of drug-likeness (QED) is 0.676. The zero-order valence-electron chi connectivity index (χ0n) is 17.7. The lowest BCUT2D eigenvalue weighted by molar-refractivity contribution is -0.114. The summed E-state index contributed by atoms with van der Waals surface area (Å²) >= 11 is 1.39. The van der Waals surface area contributed by atoms with E-state index in [1.165, 1.54) is 22.3 Å². The minimum atomic E-state index is -0.383. The molecule has 1 aromatic heterocycles. The number of hydrazone groups is 1. The van der Waals surface area contributed by atoms with Crippen LogP contribution in [-0.4, -0.2) is 31.5 Å². The summed E-state index contributed by atoms with van der Waals surface area (Å²) < 4.78 is 2.18. The number of amides is 1. The van der Waals surface area contributed by atoms with Crippen molar-refractivity contribution in [2.75, 3.05) is 0 Å². The molecule has 0 aliphatic carbocycles. The van der Waals surface area contributed by atoms with Crippen molar-refractivity contribution in [2.45, 2.75) is 47.0 Å². The van der Waals surface area contributed by atoms with Crippen LogP contribution in [0.2, 0.25) is 0 Å². The van der Waals surface area contributed by atoms with E-state index in [2.05, 4.69) is 40.6 Å². The first-order chi connectivity index (χ1) is 14.4. The van der Waals surface area contributed by atoms with Gasteiger partial charge in [0, 0.05) is 17.1 Å². The highest BCUT2D eigenvalue weighted by Gasteiger charge is 2.35. The molecule has 0 spiro atoms. The van der Waals surface area contributed by atoms with Crippen molar-refractivity contribution >= 4 is 39.8 Å². The van der Waals surface area contributed by atoms with Gasteiger partial charge in [0.05, 0.1) is 5.57 Å². The molecule has 7 heteroatoms. The predicted octanol–water partition coefficient (Wildman–Crippen LogP) is 5.21. The first-order valence-corrected chi connectivity index (χ1v) is 11.0. The van der Waals surface area contributed by atoms with Crippen LogP contribution in [0.25, 0.3) is 11.8 Å². The summed E-state index contributed by atoms with van der Waals surface area (Å²) in [6, 6.07) is 10.3. The number of hydrogen-bond donors (Lipinski definition) is 1. The topological polar surface area (TPSA) is 73.8 Å². The second-order valence-electron chi connectivity index (χ2n) is 7.57. The van der Waals surface area contributed by atoms with Crippen LogP contribution < -0.4 is 0 Å². The lowest BCUT2D eigenvalue weighted by atomic mass is 10.1. The highest BCUT2D eigenvalue weighted by atomic mass is 32.2. The third-order valence-corrected chi connectivity index (χ3v) is 6.34. The molecule has 1 aromatic carbocycles. The van der Waals surface area contributed by atoms with Crippen molar-refractivity contribution in [3.05, 3.63) is 58.4 Å². The van der Waals surface area contributed by atoms with Gasteiger partial charge >= 0.3 is 0 Å². The van der Waals surface area contributed by atoms with E-state index in [0.717, 1.165) is 46.9 Å². The van der Waals surface area contributed by atoms with Gasteiger partial charge in [-0.3, -0.25) is 10.2 Å². The van der Waals surface area contributed by atoms with Crippen LogP contribution >= 0.6 is 11.8 Å². The zero-order chi connectivity index (χ0) is 21.4. The van der Waals surface area contributed by atoms with Gasteiger partial charge in [-0.1, -0.05) is 31.5 Å². The molecule has 2 aliphatic rings. The van der Waals surface area contributed by atoms with E-state index in [0.29, 0.717) is 5.17 Å². The molecule has 2 aliphatic heterocycles. The summed E-state index contributed by atoms with van der Waals surface area (Å²) in [5.74, 6) is -0.295. The molecule has 2 aromatic rings. The molecule has 30 heavy (non-hydrogen) atoms. The third kappa shape index (κ3) is 3.54. The number of para-hydroxylation sites is 1. The molecule has 0 fully saturated rings. The molecule has 0 saturated carbocycles. The monoisotopic (exact) mass is 419 g/mol. The smallest absolute Gasteiger partial charge is 0.283 e. The number of unbranched alkanes of at least 4 members (excludes halogenated alkanes) is 1. The maximum atomic E-state index is 12.7. The number of nitrogens with zero attached hydrogens (tertiary/aromatic N) is 4. The number of fused-ring (bicyclic) bond motifs is 1. The molecule has 154 valence electrons. The fourth-order valence-electron chi connectivity index (χ4n) is 3.74. The Bertz CT molecular complexity index is 1140. The minimum absolute atomic E-state index is 0.0877. The molecule has 0 bridgehead atoms. The number of aryl methyl sites for hydroxylation is 2. The van der Waals surface area contributed by atoms with Crippen molar-refractivity contribution < 1.29 is 4.79 Å². The van der Waals surface area contributed by atoms with Gasteiger partial charge in [-0.15, -0.1) is 0 Å². The normalized spacial score (nSPS) is 17.5. The summed E-state index contributed by atoms with van der Waals surface area (Å²) in [5, 5.41) is 16.0. The summed E-state index contributed by atoms with van der Waals surface area (Å²) in [7, 11) is 0. The molecule has 6 nitrogen and oxygen atoms in total. The minimum Gasteiger partial charge on any atom is -0.318 e. The second-order valence-corrected chi connectivity index (χ2v) is 8.61. The van der Waals surface area contributed by atoms with Crippen LogP contribution in [0.4, 0.5) is 0 Å². The Morgan fingerprint density at radius 3 is 2.70 bits per heavy atom. The first kappa shape index (κ1) is 20.3. The summed E-state index contributed by atoms with van der Waals surface area (Å²) in [6.07, 6.45) is 4.72. The van der Waals surface area contributed by atoms with Crippen LogP contribution in [0.15, 0.2) is 46.0 Å². The van der Waals surface area contributed by atoms with Gasteiger partial charge < -0.3 is 4.57 Å². The molecule has 3 heterocycles. The van der Waals surface area contributed by atoms with E-state index in [4.69, 9.17) is 5.41 Å². The number of carbonyl (C=O) groups is 1. The number of thioether (sulfide) groups is 1. The van der Waals surface area contributed by atoms with Gasteiger partial charge in [-0.25, -0.2) is 0 Å². The van der Waals surface area contributed by atoms with Crippen molar-refractivity contribution in [3.8, 4) is 5.69 Å². The van der Waals surface area contributed by atoms with E-state index < -0.39 is 0 Å². The number of nitrogens with one attached hydrogen (secondary N) is 1. The predicted molar refractivity (Wildman–Crippen MR) is 125 cm³/mol. The molecule has 1 amide bonds. The Labute approximate surface area is 180 Å². The number of carbonyl (C=O) groups excluding carboxylic acids is 1. The number of rotatable bonds is 5. The Kier molecular flexibility index (Phi) is 5.47.